The lowest BCUT2D eigenvalue weighted by atomic mass is 10.1. The van der Waals surface area contributed by atoms with Crippen LogP contribution in [-0.2, 0) is 6.42 Å². The Labute approximate surface area is 104 Å². The van der Waals surface area contributed by atoms with Gasteiger partial charge in [0.25, 0.3) is 0 Å². The molecule has 92 valence electrons. The molecule has 0 amide bonds. The summed E-state index contributed by atoms with van der Waals surface area (Å²) in [6.45, 7) is 0. The molecule has 3 aromatic rings. The van der Waals surface area contributed by atoms with Crippen LogP contribution in [0.15, 0.2) is 30.6 Å². The number of benzene rings is 1. The van der Waals surface area contributed by atoms with Gasteiger partial charge in [-0.25, -0.2) is 0 Å². The van der Waals surface area contributed by atoms with Crippen molar-refractivity contribution >= 4 is 16.6 Å². The van der Waals surface area contributed by atoms with Crippen molar-refractivity contribution in [2.24, 2.45) is 0 Å². The number of ether oxygens (including phenoxy) is 1. The van der Waals surface area contributed by atoms with Crippen LogP contribution >= 0.6 is 0 Å². The van der Waals surface area contributed by atoms with Crippen LogP contribution in [0.1, 0.15) is 11.3 Å². The third-order valence-electron chi connectivity index (χ3n) is 3.10. The maximum atomic E-state index is 5.83. The molecule has 1 aromatic carbocycles. The van der Waals surface area contributed by atoms with E-state index in [0.29, 0.717) is 5.69 Å². The highest BCUT2D eigenvalue weighted by molar-refractivity contribution is 5.88. The van der Waals surface area contributed by atoms with E-state index in [9.17, 15) is 0 Å². The molecule has 0 aliphatic rings. The third-order valence-corrected chi connectivity index (χ3v) is 3.10. The molecule has 0 atom stereocenters. The van der Waals surface area contributed by atoms with Crippen molar-refractivity contribution in [1.29, 1.82) is 0 Å². The molecule has 3 rings (SSSR count). The number of aromatic amines is 2. The Bertz CT molecular complexity index is 683. The van der Waals surface area contributed by atoms with E-state index < -0.39 is 0 Å². The molecular formula is C13H14N4O. The number of hydrogen-bond acceptors (Lipinski definition) is 3. The van der Waals surface area contributed by atoms with Crippen LogP contribution in [0.2, 0.25) is 0 Å². The molecule has 0 radical (unpaired) electrons. The average molecular weight is 242 g/mol. The minimum Gasteiger partial charge on any atom is -0.495 e. The molecular weight excluding hydrogens is 228 g/mol. The highest BCUT2D eigenvalue weighted by Gasteiger charge is 2.10. The van der Waals surface area contributed by atoms with E-state index in [0.717, 1.165) is 28.8 Å². The number of rotatable bonds is 3. The van der Waals surface area contributed by atoms with E-state index in [1.165, 1.54) is 5.56 Å². The summed E-state index contributed by atoms with van der Waals surface area (Å²) in [6.07, 6.45) is 4.33. The van der Waals surface area contributed by atoms with Crippen molar-refractivity contribution in [1.82, 2.24) is 15.2 Å². The quantitative estimate of drug-likeness (QED) is 0.657. The maximum absolute atomic E-state index is 5.83. The lowest BCUT2D eigenvalue weighted by Crippen LogP contribution is -1.93. The first-order chi connectivity index (χ1) is 8.79. The number of nitrogens with two attached hydrogens (primary N) is 1. The summed E-state index contributed by atoms with van der Waals surface area (Å²) in [5, 5.41) is 7.99. The number of hydrogen-bond donors (Lipinski definition) is 3. The number of fused-ring (bicyclic) bond motifs is 1. The van der Waals surface area contributed by atoms with Crippen LogP contribution in [0.25, 0.3) is 10.9 Å². The Morgan fingerprint density at radius 3 is 3.00 bits per heavy atom. The molecule has 0 aliphatic heterocycles. The van der Waals surface area contributed by atoms with Gasteiger partial charge in [-0.1, -0.05) is 12.1 Å². The SMILES string of the molecule is COc1cccc2c(Cc3[nH]ncc3N)c[nH]c12. The van der Waals surface area contributed by atoms with Crippen molar-refractivity contribution in [3.05, 3.63) is 41.9 Å². The number of anilines is 1. The molecule has 0 bridgehead atoms. The number of H-pyrrole nitrogens is 2. The maximum Gasteiger partial charge on any atom is 0.142 e. The number of nitrogens with zero attached hydrogens (tertiary/aromatic N) is 1. The van der Waals surface area contributed by atoms with Crippen molar-refractivity contribution in [3.63, 3.8) is 0 Å². The molecule has 0 saturated heterocycles. The summed E-state index contributed by atoms with van der Waals surface area (Å²) in [5.41, 5.74) is 9.62. The lowest BCUT2D eigenvalue weighted by Gasteiger charge is -2.02. The first-order valence-electron chi connectivity index (χ1n) is 5.70. The molecule has 18 heavy (non-hydrogen) atoms. The van der Waals surface area contributed by atoms with Crippen molar-refractivity contribution in [3.8, 4) is 5.75 Å². The number of methoxy groups -OCH3 is 1. The van der Waals surface area contributed by atoms with E-state index in [4.69, 9.17) is 10.5 Å². The molecule has 2 heterocycles. The summed E-state index contributed by atoms with van der Waals surface area (Å²) >= 11 is 0. The Morgan fingerprint density at radius 2 is 2.28 bits per heavy atom. The monoisotopic (exact) mass is 242 g/mol. The number of aromatic nitrogens is 3. The molecule has 5 nitrogen and oxygen atoms in total. The Morgan fingerprint density at radius 1 is 1.39 bits per heavy atom. The van der Waals surface area contributed by atoms with Crippen molar-refractivity contribution in [2.45, 2.75) is 6.42 Å². The summed E-state index contributed by atoms with van der Waals surface area (Å²) in [7, 11) is 1.67. The van der Waals surface area contributed by atoms with E-state index in [1.807, 2.05) is 18.3 Å². The second-order valence-electron chi connectivity index (χ2n) is 4.18. The summed E-state index contributed by atoms with van der Waals surface area (Å²) in [4.78, 5) is 3.24. The summed E-state index contributed by atoms with van der Waals surface area (Å²) in [6, 6.07) is 5.98. The average Bonchev–Trinajstić information content (AvgIpc) is 2.97. The Kier molecular flexibility index (Phi) is 2.44. The molecule has 0 spiro atoms. The number of nitrogens with one attached hydrogen (secondary N) is 2. The molecule has 2 aromatic heterocycles. The second-order valence-corrected chi connectivity index (χ2v) is 4.18. The van der Waals surface area contributed by atoms with Crippen LogP contribution in [0.3, 0.4) is 0 Å². The predicted molar refractivity (Wildman–Crippen MR) is 70.7 cm³/mol. The van der Waals surface area contributed by atoms with Gasteiger partial charge in [0.05, 0.1) is 30.2 Å². The minimum absolute atomic E-state index is 0.687. The van der Waals surface area contributed by atoms with Gasteiger partial charge in [0, 0.05) is 18.0 Å². The largest absolute Gasteiger partial charge is 0.495 e. The van der Waals surface area contributed by atoms with Gasteiger partial charge in [-0.3, -0.25) is 5.10 Å². The normalized spacial score (nSPS) is 10.9. The zero-order valence-corrected chi connectivity index (χ0v) is 10.0. The minimum atomic E-state index is 0.687. The van der Waals surface area contributed by atoms with Gasteiger partial charge in [-0.05, 0) is 11.6 Å². The molecule has 0 saturated carbocycles. The van der Waals surface area contributed by atoms with Crippen LogP contribution in [-0.4, -0.2) is 22.3 Å². The Hall–Kier alpha value is -2.43. The van der Waals surface area contributed by atoms with Gasteiger partial charge in [0.15, 0.2) is 0 Å². The van der Waals surface area contributed by atoms with Crippen LogP contribution in [0, 0.1) is 0 Å². The molecule has 5 heteroatoms. The van der Waals surface area contributed by atoms with E-state index >= 15 is 0 Å². The fourth-order valence-corrected chi connectivity index (χ4v) is 2.16. The zero-order chi connectivity index (χ0) is 12.5. The highest BCUT2D eigenvalue weighted by Crippen LogP contribution is 2.28. The van der Waals surface area contributed by atoms with Gasteiger partial charge in [0.2, 0.25) is 0 Å². The topological polar surface area (TPSA) is 79.7 Å². The lowest BCUT2D eigenvalue weighted by molar-refractivity contribution is 0.419. The first-order valence-corrected chi connectivity index (χ1v) is 5.70. The molecule has 4 N–H and O–H groups in total. The fourth-order valence-electron chi connectivity index (χ4n) is 2.16. The van der Waals surface area contributed by atoms with E-state index in [2.05, 4.69) is 21.2 Å². The standard InChI is InChI=1S/C13H14N4O/c1-18-12-4-2-3-9-8(6-15-13(9)12)5-11-10(14)7-16-17-11/h2-4,6-7,15H,5,14H2,1H3,(H,16,17). The van der Waals surface area contributed by atoms with E-state index in [-0.39, 0.29) is 0 Å². The van der Waals surface area contributed by atoms with Gasteiger partial charge < -0.3 is 15.5 Å². The summed E-state index contributed by atoms with van der Waals surface area (Å²) in [5.74, 6) is 0.844. The number of nitrogen functional groups attached to an aromatic ring is 1. The fraction of sp³-hybridized carbons (Fsp3) is 0.154. The third kappa shape index (κ3) is 1.60. The summed E-state index contributed by atoms with van der Waals surface area (Å²) < 4.78 is 5.32. The predicted octanol–water partition coefficient (Wildman–Crippen LogP) is 2.07. The van der Waals surface area contributed by atoms with Gasteiger partial charge in [-0.2, -0.15) is 5.10 Å². The van der Waals surface area contributed by atoms with Crippen molar-refractivity contribution in [2.75, 3.05) is 12.8 Å². The van der Waals surface area contributed by atoms with Crippen LogP contribution < -0.4 is 10.5 Å². The van der Waals surface area contributed by atoms with Crippen LogP contribution in [0.5, 0.6) is 5.75 Å². The van der Waals surface area contributed by atoms with E-state index in [1.54, 1.807) is 13.3 Å². The zero-order valence-electron chi connectivity index (χ0n) is 10.0. The van der Waals surface area contributed by atoms with Crippen LogP contribution in [0.4, 0.5) is 5.69 Å². The van der Waals surface area contributed by atoms with Gasteiger partial charge in [-0.15, -0.1) is 0 Å². The smallest absolute Gasteiger partial charge is 0.142 e. The molecule has 0 unspecified atom stereocenters. The highest BCUT2D eigenvalue weighted by atomic mass is 16.5. The number of para-hydroxylation sites is 1. The van der Waals surface area contributed by atoms with Crippen molar-refractivity contribution < 1.29 is 4.74 Å². The first kappa shape index (κ1) is 10.7. The second kappa shape index (κ2) is 4.10. The Balaban J connectivity index is 2.06. The molecule has 0 fully saturated rings. The van der Waals surface area contributed by atoms with Gasteiger partial charge in [0.1, 0.15) is 5.75 Å². The molecule has 0 aliphatic carbocycles. The van der Waals surface area contributed by atoms with Gasteiger partial charge >= 0.3 is 0 Å².